The molecule has 1 saturated carbocycles. The van der Waals surface area contributed by atoms with Crippen LogP contribution in [0.25, 0.3) is 11.0 Å². The number of para-hydroxylation sites is 1. The van der Waals surface area contributed by atoms with Gasteiger partial charge < -0.3 is 14.8 Å². The zero-order valence-corrected chi connectivity index (χ0v) is 22.5. The lowest BCUT2D eigenvalue weighted by atomic mass is 9.94. The Morgan fingerprint density at radius 1 is 1.02 bits per heavy atom. The van der Waals surface area contributed by atoms with E-state index < -0.39 is 23.7 Å². The van der Waals surface area contributed by atoms with Crippen LogP contribution < -0.4 is 19.7 Å². The van der Waals surface area contributed by atoms with Crippen LogP contribution in [-0.2, 0) is 16.1 Å². The van der Waals surface area contributed by atoms with Crippen molar-refractivity contribution in [1.82, 2.24) is 20.3 Å². The molecule has 1 fully saturated rings. The third kappa shape index (κ3) is 5.61. The molecule has 3 aromatic carbocycles. The molecule has 1 heterocycles. The minimum atomic E-state index is -1.33. The highest BCUT2D eigenvalue weighted by Crippen LogP contribution is 2.39. The Labute approximate surface area is 231 Å². The summed E-state index contributed by atoms with van der Waals surface area (Å²) in [5.41, 5.74) is 1.62. The summed E-state index contributed by atoms with van der Waals surface area (Å²) in [6.45, 7) is -0.247. The summed E-state index contributed by atoms with van der Waals surface area (Å²) in [6, 6.07) is 16.8. The number of amides is 2. The van der Waals surface area contributed by atoms with Gasteiger partial charge in [0.05, 0.1) is 25.4 Å². The number of halogens is 1. The van der Waals surface area contributed by atoms with Gasteiger partial charge in [-0.15, -0.1) is 5.10 Å². The SMILES string of the molecule is COc1ccc(OC)c(N(C(=O)Cn2nnc3ccccc32)C(C(=O)NC2CCCCC2)c2ccccc2F)c1. The molecule has 0 aliphatic heterocycles. The average molecular weight is 546 g/mol. The van der Waals surface area contributed by atoms with Crippen LogP contribution in [0.2, 0.25) is 0 Å². The molecule has 1 atom stereocenters. The largest absolute Gasteiger partial charge is 0.497 e. The van der Waals surface area contributed by atoms with Gasteiger partial charge in [0.15, 0.2) is 0 Å². The Bertz CT molecular complexity index is 1500. The monoisotopic (exact) mass is 545 g/mol. The number of hydrogen-bond acceptors (Lipinski definition) is 6. The minimum Gasteiger partial charge on any atom is -0.497 e. The van der Waals surface area contributed by atoms with E-state index in [1.807, 2.05) is 18.2 Å². The van der Waals surface area contributed by atoms with Crippen molar-refractivity contribution in [1.29, 1.82) is 0 Å². The van der Waals surface area contributed by atoms with Crippen LogP contribution in [-0.4, -0.2) is 47.1 Å². The van der Waals surface area contributed by atoms with Crippen LogP contribution in [0, 0.1) is 5.82 Å². The van der Waals surface area contributed by atoms with Crippen LogP contribution in [0.15, 0.2) is 66.7 Å². The summed E-state index contributed by atoms with van der Waals surface area (Å²) in [7, 11) is 2.97. The van der Waals surface area contributed by atoms with Gasteiger partial charge >= 0.3 is 0 Å². The Hall–Kier alpha value is -4.47. The summed E-state index contributed by atoms with van der Waals surface area (Å²) in [4.78, 5) is 29.6. The molecule has 0 saturated heterocycles. The molecule has 5 rings (SSSR count). The molecule has 4 aromatic rings. The highest BCUT2D eigenvalue weighted by atomic mass is 19.1. The number of carbonyl (C=O) groups is 2. The first-order valence-electron chi connectivity index (χ1n) is 13.4. The second-order valence-corrected chi connectivity index (χ2v) is 9.80. The topological polar surface area (TPSA) is 98.6 Å². The van der Waals surface area contributed by atoms with Gasteiger partial charge in [0.2, 0.25) is 11.8 Å². The molecule has 1 N–H and O–H groups in total. The van der Waals surface area contributed by atoms with E-state index >= 15 is 4.39 Å². The second kappa shape index (κ2) is 12.1. The Balaban J connectivity index is 1.64. The maximum atomic E-state index is 15.4. The third-order valence-corrected chi connectivity index (χ3v) is 7.28. The van der Waals surface area contributed by atoms with Crippen LogP contribution in [0.4, 0.5) is 10.1 Å². The van der Waals surface area contributed by atoms with Gasteiger partial charge in [-0.1, -0.05) is 54.8 Å². The predicted molar refractivity (Wildman–Crippen MR) is 149 cm³/mol. The van der Waals surface area contributed by atoms with Gasteiger partial charge in [-0.3, -0.25) is 14.5 Å². The molecule has 0 bridgehead atoms. The normalized spacial score (nSPS) is 14.5. The Morgan fingerprint density at radius 2 is 1.77 bits per heavy atom. The van der Waals surface area contributed by atoms with Crippen LogP contribution in [0.5, 0.6) is 11.5 Å². The number of nitrogens with zero attached hydrogens (tertiary/aromatic N) is 4. The van der Waals surface area contributed by atoms with Crippen LogP contribution in [0.1, 0.15) is 43.7 Å². The van der Waals surface area contributed by atoms with Crippen molar-refractivity contribution in [3.05, 3.63) is 78.1 Å². The number of aromatic nitrogens is 3. The van der Waals surface area contributed by atoms with Crippen molar-refractivity contribution < 1.29 is 23.5 Å². The first-order chi connectivity index (χ1) is 19.5. The summed E-state index contributed by atoms with van der Waals surface area (Å²) in [5.74, 6) is -0.811. The molecule has 0 spiro atoms. The molecule has 40 heavy (non-hydrogen) atoms. The number of rotatable bonds is 9. The molecule has 1 unspecified atom stereocenters. The van der Waals surface area contributed by atoms with Gasteiger partial charge in [-0.25, -0.2) is 9.07 Å². The zero-order valence-electron chi connectivity index (χ0n) is 22.5. The molecular formula is C30H32FN5O4. The number of methoxy groups -OCH3 is 2. The molecule has 1 aromatic heterocycles. The zero-order chi connectivity index (χ0) is 28.1. The molecule has 9 nitrogen and oxygen atoms in total. The first kappa shape index (κ1) is 27.1. The maximum Gasteiger partial charge on any atom is 0.249 e. The van der Waals surface area contributed by atoms with E-state index in [1.165, 1.54) is 35.9 Å². The summed E-state index contributed by atoms with van der Waals surface area (Å²) >= 11 is 0. The van der Waals surface area contributed by atoms with Crippen molar-refractivity contribution in [3.8, 4) is 11.5 Å². The van der Waals surface area contributed by atoms with Crippen molar-refractivity contribution in [2.45, 2.75) is 50.7 Å². The van der Waals surface area contributed by atoms with E-state index in [9.17, 15) is 9.59 Å². The Morgan fingerprint density at radius 3 is 2.52 bits per heavy atom. The lowest BCUT2D eigenvalue weighted by Crippen LogP contribution is -2.48. The highest BCUT2D eigenvalue weighted by molar-refractivity contribution is 6.03. The molecule has 1 aliphatic carbocycles. The van der Waals surface area contributed by atoms with E-state index in [4.69, 9.17) is 9.47 Å². The molecule has 1 aliphatic rings. The highest BCUT2D eigenvalue weighted by Gasteiger charge is 2.37. The van der Waals surface area contributed by atoms with Crippen molar-refractivity contribution in [2.75, 3.05) is 19.1 Å². The number of ether oxygens (including phenoxy) is 2. The number of fused-ring (bicyclic) bond motifs is 1. The van der Waals surface area contributed by atoms with E-state index in [0.717, 1.165) is 32.1 Å². The van der Waals surface area contributed by atoms with E-state index in [-0.39, 0.29) is 23.8 Å². The van der Waals surface area contributed by atoms with Gasteiger partial charge in [0.1, 0.15) is 35.4 Å². The van der Waals surface area contributed by atoms with E-state index in [0.29, 0.717) is 22.5 Å². The van der Waals surface area contributed by atoms with Crippen LogP contribution in [0.3, 0.4) is 0 Å². The molecular weight excluding hydrogens is 513 g/mol. The lowest BCUT2D eigenvalue weighted by molar-refractivity contribution is -0.127. The second-order valence-electron chi connectivity index (χ2n) is 9.80. The lowest BCUT2D eigenvalue weighted by Gasteiger charge is -2.34. The maximum absolute atomic E-state index is 15.4. The minimum absolute atomic E-state index is 0.0565. The number of carbonyl (C=O) groups excluding carboxylic acids is 2. The number of nitrogens with one attached hydrogen (secondary N) is 1. The first-order valence-corrected chi connectivity index (χ1v) is 13.4. The smallest absolute Gasteiger partial charge is 0.249 e. The van der Waals surface area contributed by atoms with Gasteiger partial charge in [-0.05, 0) is 43.2 Å². The van der Waals surface area contributed by atoms with Crippen LogP contribution >= 0.6 is 0 Å². The van der Waals surface area contributed by atoms with E-state index in [2.05, 4.69) is 15.6 Å². The third-order valence-electron chi connectivity index (χ3n) is 7.28. The van der Waals surface area contributed by atoms with Gasteiger partial charge in [0, 0.05) is 17.7 Å². The molecule has 10 heteroatoms. The van der Waals surface area contributed by atoms with Crippen molar-refractivity contribution >= 4 is 28.5 Å². The number of benzene rings is 3. The predicted octanol–water partition coefficient (Wildman–Crippen LogP) is 4.81. The summed E-state index contributed by atoms with van der Waals surface area (Å²) < 4.78 is 28.0. The number of hydrogen-bond donors (Lipinski definition) is 1. The molecule has 2 amide bonds. The number of anilines is 1. The average Bonchev–Trinajstić information content (AvgIpc) is 3.39. The quantitative estimate of drug-likeness (QED) is 0.324. The molecule has 0 radical (unpaired) electrons. The Kier molecular flexibility index (Phi) is 8.23. The van der Waals surface area contributed by atoms with E-state index in [1.54, 1.807) is 36.4 Å². The fourth-order valence-electron chi connectivity index (χ4n) is 5.26. The van der Waals surface area contributed by atoms with Crippen molar-refractivity contribution in [3.63, 3.8) is 0 Å². The fraction of sp³-hybridized carbons (Fsp3) is 0.333. The van der Waals surface area contributed by atoms with Gasteiger partial charge in [0.25, 0.3) is 0 Å². The summed E-state index contributed by atoms with van der Waals surface area (Å²) in [6.07, 6.45) is 4.77. The van der Waals surface area contributed by atoms with Crippen molar-refractivity contribution in [2.24, 2.45) is 0 Å². The fourth-order valence-corrected chi connectivity index (χ4v) is 5.26. The van der Waals surface area contributed by atoms with Gasteiger partial charge in [-0.2, -0.15) is 0 Å². The molecule has 208 valence electrons. The standard InChI is InChI=1S/C30H32FN5O4/c1-39-21-16-17-27(40-2)26(18-21)36(28(37)19-35-25-15-9-8-14-24(25)33-34-35)29(22-12-6-7-13-23(22)31)30(38)32-20-10-4-3-5-11-20/h6-9,12-18,20,29H,3-5,10-11,19H2,1-2H3,(H,32,38). The summed E-state index contributed by atoms with van der Waals surface area (Å²) in [5, 5.41) is 11.4.